The van der Waals surface area contributed by atoms with Crippen molar-refractivity contribution in [3.8, 4) is 6.07 Å². The third kappa shape index (κ3) is 1.70. The number of aryl methyl sites for hydroxylation is 1. The molecule has 3 rings (SSSR count). The Morgan fingerprint density at radius 2 is 2.32 bits per heavy atom. The van der Waals surface area contributed by atoms with E-state index >= 15 is 0 Å². The quantitative estimate of drug-likeness (QED) is 0.760. The Morgan fingerprint density at radius 1 is 1.47 bits per heavy atom. The molecule has 2 aromatic rings. The fourth-order valence-electron chi connectivity index (χ4n) is 2.06. The van der Waals surface area contributed by atoms with Crippen molar-refractivity contribution in [3.05, 3.63) is 29.9 Å². The summed E-state index contributed by atoms with van der Waals surface area (Å²) in [6, 6.07) is 2.07. The Bertz CT molecular complexity index is 760. The molecule has 7 heteroatoms. The van der Waals surface area contributed by atoms with Gasteiger partial charge in [-0.1, -0.05) is 0 Å². The summed E-state index contributed by atoms with van der Waals surface area (Å²) in [4.78, 5) is 12.6. The summed E-state index contributed by atoms with van der Waals surface area (Å²) in [6.07, 6.45) is 4.99. The number of fused-ring (bicyclic) bond motifs is 1. The number of nitrogens with two attached hydrogens (primary N) is 1. The van der Waals surface area contributed by atoms with E-state index in [9.17, 15) is 0 Å². The second-order valence-corrected chi connectivity index (χ2v) is 4.20. The van der Waals surface area contributed by atoms with E-state index in [4.69, 9.17) is 11.0 Å². The number of nitrogen functional groups attached to an aromatic ring is 1. The molecule has 0 spiro atoms. The molecule has 0 aromatic carbocycles. The average Bonchev–Trinajstić information content (AvgIpc) is 2.78. The third-order valence-corrected chi connectivity index (χ3v) is 2.97. The zero-order valence-corrected chi connectivity index (χ0v) is 10.3. The largest absolute Gasteiger partial charge is 0.383 e. The predicted molar refractivity (Wildman–Crippen MR) is 71.2 cm³/mol. The Hall–Kier alpha value is -2.88. The topological polar surface area (TPSA) is 105 Å². The van der Waals surface area contributed by atoms with Gasteiger partial charge in [-0.25, -0.2) is 9.97 Å². The molecule has 3 heterocycles. The van der Waals surface area contributed by atoms with Gasteiger partial charge in [0.2, 0.25) is 0 Å². The number of aliphatic imine (C=N–C) groups is 1. The van der Waals surface area contributed by atoms with Crippen LogP contribution < -0.4 is 11.1 Å². The Kier molecular flexibility index (Phi) is 2.42. The van der Waals surface area contributed by atoms with Gasteiger partial charge in [-0.05, 0) is 0 Å². The van der Waals surface area contributed by atoms with E-state index in [2.05, 4.69) is 26.3 Å². The summed E-state index contributed by atoms with van der Waals surface area (Å²) in [6.45, 7) is 0.364. The van der Waals surface area contributed by atoms with Crippen molar-refractivity contribution in [2.75, 3.05) is 12.3 Å². The van der Waals surface area contributed by atoms with E-state index in [0.29, 0.717) is 23.8 Å². The zero-order chi connectivity index (χ0) is 13.4. The average molecular weight is 253 g/mol. The third-order valence-electron chi connectivity index (χ3n) is 2.97. The first-order valence-electron chi connectivity index (χ1n) is 5.66. The number of nitrogens with one attached hydrogen (secondary N) is 1. The van der Waals surface area contributed by atoms with Gasteiger partial charge in [-0.15, -0.1) is 0 Å². The second kappa shape index (κ2) is 4.10. The molecule has 0 atom stereocenters. The Morgan fingerprint density at radius 3 is 3.00 bits per heavy atom. The van der Waals surface area contributed by atoms with Crippen molar-refractivity contribution < 1.29 is 0 Å². The number of nitriles is 1. The van der Waals surface area contributed by atoms with Crippen LogP contribution in [0.2, 0.25) is 0 Å². The van der Waals surface area contributed by atoms with Gasteiger partial charge in [-0.3, -0.25) is 4.99 Å². The summed E-state index contributed by atoms with van der Waals surface area (Å²) in [5.41, 5.74) is 8.10. The lowest BCUT2D eigenvalue weighted by Crippen LogP contribution is -2.23. The van der Waals surface area contributed by atoms with Crippen LogP contribution in [-0.4, -0.2) is 26.9 Å². The molecule has 0 aliphatic carbocycles. The van der Waals surface area contributed by atoms with E-state index in [1.807, 2.05) is 17.8 Å². The van der Waals surface area contributed by atoms with Gasteiger partial charge in [-0.2, -0.15) is 5.26 Å². The normalized spacial score (nSPS) is 14.5. The number of anilines is 1. The van der Waals surface area contributed by atoms with Crippen molar-refractivity contribution in [2.24, 2.45) is 12.0 Å². The maximum atomic E-state index is 8.80. The molecule has 1 aliphatic heterocycles. The van der Waals surface area contributed by atoms with Gasteiger partial charge in [0, 0.05) is 25.0 Å². The summed E-state index contributed by atoms with van der Waals surface area (Å²) in [5.74, 6) is 1.09. The minimum absolute atomic E-state index is 0.364. The second-order valence-electron chi connectivity index (χ2n) is 4.20. The number of amidine groups is 1. The minimum atomic E-state index is 0.364. The lowest BCUT2D eigenvalue weighted by molar-refractivity contribution is 0.941. The summed E-state index contributed by atoms with van der Waals surface area (Å²) < 4.78 is 1.87. The first-order chi connectivity index (χ1) is 9.20. The van der Waals surface area contributed by atoms with Crippen molar-refractivity contribution in [1.29, 1.82) is 5.26 Å². The molecule has 94 valence electrons. The number of nitrogens with zero attached hydrogens (tertiary/aromatic N) is 5. The summed E-state index contributed by atoms with van der Waals surface area (Å²) >= 11 is 0. The standard InChI is InChI=1S/C12H11N7/c1-19-5-8(9-10(14)17-6-18-12(9)19)11-15-3-7(2-13)4-16-11/h3,5-6H,4H2,1H3,(H,15,16)(H2,14,17,18). The highest BCUT2D eigenvalue weighted by Gasteiger charge is 2.17. The van der Waals surface area contributed by atoms with E-state index in [0.717, 1.165) is 16.6 Å². The van der Waals surface area contributed by atoms with Crippen LogP contribution in [0.3, 0.4) is 0 Å². The van der Waals surface area contributed by atoms with Crippen LogP contribution in [0.15, 0.2) is 29.3 Å². The summed E-state index contributed by atoms with van der Waals surface area (Å²) in [7, 11) is 1.89. The maximum absolute atomic E-state index is 8.80. The van der Waals surface area contributed by atoms with Crippen molar-refractivity contribution in [2.45, 2.75) is 0 Å². The molecule has 0 fully saturated rings. The molecule has 3 N–H and O–H groups in total. The lowest BCUT2D eigenvalue weighted by Gasteiger charge is -2.10. The molecular formula is C12H11N7. The van der Waals surface area contributed by atoms with Crippen LogP contribution in [0, 0.1) is 11.3 Å². The molecule has 2 aromatic heterocycles. The molecule has 0 saturated carbocycles. The molecule has 1 aliphatic rings. The molecular weight excluding hydrogens is 242 g/mol. The SMILES string of the molecule is Cn1cc(C2=NCC(C#N)=CN2)c2c(N)ncnc21. The van der Waals surface area contributed by atoms with E-state index in [1.54, 1.807) is 6.20 Å². The lowest BCUT2D eigenvalue weighted by atomic mass is 10.2. The van der Waals surface area contributed by atoms with Crippen LogP contribution in [-0.2, 0) is 7.05 Å². The van der Waals surface area contributed by atoms with Gasteiger partial charge < -0.3 is 15.6 Å². The van der Waals surface area contributed by atoms with Gasteiger partial charge >= 0.3 is 0 Å². The molecule has 19 heavy (non-hydrogen) atoms. The van der Waals surface area contributed by atoms with Crippen LogP contribution >= 0.6 is 0 Å². The van der Waals surface area contributed by atoms with Crippen molar-refractivity contribution in [1.82, 2.24) is 19.9 Å². The summed E-state index contributed by atoms with van der Waals surface area (Å²) in [5, 5.41) is 12.6. The van der Waals surface area contributed by atoms with Gasteiger partial charge in [0.05, 0.1) is 23.6 Å². The van der Waals surface area contributed by atoms with Crippen LogP contribution in [0.1, 0.15) is 5.56 Å². The van der Waals surface area contributed by atoms with Crippen LogP contribution in [0.5, 0.6) is 0 Å². The fourth-order valence-corrected chi connectivity index (χ4v) is 2.06. The van der Waals surface area contributed by atoms with E-state index in [1.165, 1.54) is 6.33 Å². The Balaban J connectivity index is 2.13. The van der Waals surface area contributed by atoms with Crippen LogP contribution in [0.4, 0.5) is 5.82 Å². The van der Waals surface area contributed by atoms with Crippen molar-refractivity contribution >= 4 is 22.7 Å². The first-order valence-corrected chi connectivity index (χ1v) is 5.66. The van der Waals surface area contributed by atoms with E-state index in [-0.39, 0.29) is 0 Å². The highest BCUT2D eigenvalue weighted by Crippen LogP contribution is 2.23. The molecule has 0 radical (unpaired) electrons. The number of rotatable bonds is 1. The zero-order valence-electron chi connectivity index (χ0n) is 10.3. The molecule has 7 nitrogen and oxygen atoms in total. The minimum Gasteiger partial charge on any atom is -0.383 e. The number of hydrogen-bond donors (Lipinski definition) is 2. The van der Waals surface area contributed by atoms with Crippen molar-refractivity contribution in [3.63, 3.8) is 0 Å². The monoisotopic (exact) mass is 253 g/mol. The molecule has 0 unspecified atom stereocenters. The first kappa shape index (κ1) is 11.2. The highest BCUT2D eigenvalue weighted by atomic mass is 15.1. The van der Waals surface area contributed by atoms with Gasteiger partial charge in [0.25, 0.3) is 0 Å². The smallest absolute Gasteiger partial charge is 0.145 e. The Labute approximate surface area is 109 Å². The van der Waals surface area contributed by atoms with E-state index < -0.39 is 0 Å². The fraction of sp³-hybridized carbons (Fsp3) is 0.167. The predicted octanol–water partition coefficient (Wildman–Crippen LogP) is 0.308. The number of aromatic nitrogens is 3. The molecule has 0 bridgehead atoms. The van der Waals surface area contributed by atoms with Crippen LogP contribution in [0.25, 0.3) is 11.0 Å². The highest BCUT2D eigenvalue weighted by molar-refractivity contribution is 6.12. The maximum Gasteiger partial charge on any atom is 0.145 e. The number of hydrogen-bond acceptors (Lipinski definition) is 6. The molecule has 0 saturated heterocycles. The van der Waals surface area contributed by atoms with Gasteiger partial charge in [0.15, 0.2) is 0 Å². The molecule has 0 amide bonds. The van der Waals surface area contributed by atoms with Gasteiger partial charge in [0.1, 0.15) is 23.6 Å².